The number of hydrogen-bond acceptors (Lipinski definition) is 8. The number of methoxy groups -OCH3 is 2. The third kappa shape index (κ3) is 3.68. The lowest BCUT2D eigenvalue weighted by atomic mass is 10.0. The molecule has 2 heterocycles. The molecule has 0 amide bonds. The molecule has 0 saturated heterocycles. The zero-order valence-corrected chi connectivity index (χ0v) is 18.5. The fraction of sp³-hybridized carbons (Fsp3) is 0.192. The second-order valence-corrected chi connectivity index (χ2v) is 7.79. The molecule has 1 aliphatic heterocycles. The summed E-state index contributed by atoms with van der Waals surface area (Å²) >= 11 is 0. The number of phenolic OH excluding ortho intramolecular Hbond substituents is 1. The highest BCUT2D eigenvalue weighted by Gasteiger charge is 2.35. The lowest BCUT2D eigenvalue weighted by Gasteiger charge is -2.34. The van der Waals surface area contributed by atoms with Gasteiger partial charge in [-0.3, -0.25) is 4.79 Å². The maximum atomic E-state index is 12.6. The lowest BCUT2D eigenvalue weighted by molar-refractivity contribution is -0.0141. The molecule has 0 bridgehead atoms. The Balaban J connectivity index is 1.61. The van der Waals surface area contributed by atoms with Crippen LogP contribution in [-0.2, 0) is 0 Å². The Morgan fingerprint density at radius 1 is 0.941 bits per heavy atom. The van der Waals surface area contributed by atoms with Crippen molar-refractivity contribution in [3.8, 4) is 40.1 Å². The first kappa shape index (κ1) is 21.7. The van der Waals surface area contributed by atoms with E-state index < -0.39 is 12.2 Å². The Labute approximate surface area is 194 Å². The predicted molar refractivity (Wildman–Crippen MR) is 124 cm³/mol. The van der Waals surface area contributed by atoms with E-state index in [4.69, 9.17) is 23.4 Å². The summed E-state index contributed by atoms with van der Waals surface area (Å²) in [5.41, 5.74) is 1.50. The molecule has 1 aromatic heterocycles. The standard InChI is InChI=1S/C26H22O8/c1-30-21-9-14(7-8-17(21)28)25-24(13-27)34-26-22(31-2)10-15(11-23(26)33-25)20-12-18(29)16-5-3-4-6-19(16)32-20/h3-12,24-25,27-28H,13H2,1-2H3. The van der Waals surface area contributed by atoms with Crippen LogP contribution in [0.1, 0.15) is 11.7 Å². The Bertz CT molecular complexity index is 1420. The lowest BCUT2D eigenvalue weighted by Crippen LogP contribution is -2.36. The van der Waals surface area contributed by atoms with Crippen molar-refractivity contribution >= 4 is 11.0 Å². The molecule has 0 saturated carbocycles. The minimum absolute atomic E-state index is 0.0146. The molecule has 0 spiro atoms. The highest BCUT2D eigenvalue weighted by Crippen LogP contribution is 2.48. The van der Waals surface area contributed by atoms with Gasteiger partial charge in [-0.25, -0.2) is 0 Å². The van der Waals surface area contributed by atoms with Crippen LogP contribution in [0, 0.1) is 0 Å². The number of aromatic hydroxyl groups is 1. The number of fused-ring (bicyclic) bond motifs is 2. The van der Waals surface area contributed by atoms with Crippen LogP contribution in [0.3, 0.4) is 0 Å². The number of benzene rings is 3. The zero-order chi connectivity index (χ0) is 23.8. The van der Waals surface area contributed by atoms with Crippen LogP contribution in [0.2, 0.25) is 0 Å². The molecule has 2 unspecified atom stereocenters. The summed E-state index contributed by atoms with van der Waals surface area (Å²) in [5, 5.41) is 20.4. The number of aliphatic hydroxyl groups is 1. The largest absolute Gasteiger partial charge is 0.504 e. The summed E-state index contributed by atoms with van der Waals surface area (Å²) < 4.78 is 29.0. The third-order valence-electron chi connectivity index (χ3n) is 5.73. The quantitative estimate of drug-likeness (QED) is 0.457. The second kappa shape index (κ2) is 8.64. The van der Waals surface area contributed by atoms with Crippen LogP contribution < -0.4 is 24.4 Å². The molecule has 5 rings (SSSR count). The van der Waals surface area contributed by atoms with Crippen molar-refractivity contribution in [2.24, 2.45) is 0 Å². The van der Waals surface area contributed by atoms with Crippen molar-refractivity contribution in [2.75, 3.05) is 20.8 Å². The van der Waals surface area contributed by atoms with Crippen molar-refractivity contribution < 1.29 is 33.6 Å². The summed E-state index contributed by atoms with van der Waals surface area (Å²) in [7, 11) is 2.94. The van der Waals surface area contributed by atoms with E-state index in [0.717, 1.165) is 0 Å². The van der Waals surface area contributed by atoms with Gasteiger partial charge in [0.1, 0.15) is 11.3 Å². The van der Waals surface area contributed by atoms with Crippen LogP contribution in [-0.4, -0.2) is 37.1 Å². The second-order valence-electron chi connectivity index (χ2n) is 7.79. The van der Waals surface area contributed by atoms with E-state index >= 15 is 0 Å². The molecule has 34 heavy (non-hydrogen) atoms. The average Bonchev–Trinajstić information content (AvgIpc) is 2.87. The first-order chi connectivity index (χ1) is 16.5. The van der Waals surface area contributed by atoms with Gasteiger partial charge in [-0.05, 0) is 36.4 Å². The van der Waals surface area contributed by atoms with Crippen LogP contribution in [0.25, 0.3) is 22.3 Å². The molecule has 8 heteroatoms. The van der Waals surface area contributed by atoms with Crippen LogP contribution >= 0.6 is 0 Å². The molecule has 2 N–H and O–H groups in total. The van der Waals surface area contributed by atoms with Gasteiger partial charge in [0.2, 0.25) is 5.75 Å². The fourth-order valence-electron chi connectivity index (χ4n) is 4.03. The van der Waals surface area contributed by atoms with E-state index in [0.29, 0.717) is 45.1 Å². The van der Waals surface area contributed by atoms with Gasteiger partial charge in [-0.2, -0.15) is 0 Å². The van der Waals surface area contributed by atoms with Crippen molar-refractivity contribution in [1.29, 1.82) is 0 Å². The van der Waals surface area contributed by atoms with Gasteiger partial charge in [0.15, 0.2) is 40.6 Å². The van der Waals surface area contributed by atoms with Crippen molar-refractivity contribution in [1.82, 2.24) is 0 Å². The Morgan fingerprint density at radius 3 is 2.50 bits per heavy atom. The molecule has 0 radical (unpaired) electrons. The summed E-state index contributed by atoms with van der Waals surface area (Å²) in [5.74, 6) is 1.65. The number of para-hydroxylation sites is 1. The topological polar surface area (TPSA) is 108 Å². The Hall–Kier alpha value is -4.17. The van der Waals surface area contributed by atoms with Gasteiger partial charge in [0, 0.05) is 17.2 Å². The van der Waals surface area contributed by atoms with Gasteiger partial charge >= 0.3 is 0 Å². The molecule has 0 aliphatic carbocycles. The van der Waals surface area contributed by atoms with Crippen LogP contribution in [0.5, 0.6) is 28.7 Å². The van der Waals surface area contributed by atoms with E-state index in [9.17, 15) is 15.0 Å². The molecule has 4 aromatic rings. The molecule has 2 atom stereocenters. The monoisotopic (exact) mass is 462 g/mol. The van der Waals surface area contributed by atoms with E-state index in [1.54, 1.807) is 48.5 Å². The maximum absolute atomic E-state index is 12.6. The maximum Gasteiger partial charge on any atom is 0.204 e. The van der Waals surface area contributed by atoms with Gasteiger partial charge in [-0.15, -0.1) is 0 Å². The van der Waals surface area contributed by atoms with Crippen molar-refractivity contribution in [3.63, 3.8) is 0 Å². The Kier molecular flexibility index (Phi) is 5.51. The predicted octanol–water partition coefficient (Wildman–Crippen LogP) is 4.06. The average molecular weight is 462 g/mol. The van der Waals surface area contributed by atoms with Gasteiger partial charge in [0.25, 0.3) is 0 Å². The van der Waals surface area contributed by atoms with E-state index in [1.165, 1.54) is 26.4 Å². The summed E-state index contributed by atoms with van der Waals surface area (Å²) in [6.45, 7) is -0.322. The van der Waals surface area contributed by atoms with Crippen LogP contribution in [0.4, 0.5) is 0 Å². The van der Waals surface area contributed by atoms with Crippen molar-refractivity contribution in [3.05, 3.63) is 76.5 Å². The van der Waals surface area contributed by atoms with Gasteiger partial charge in [-0.1, -0.05) is 18.2 Å². The molecule has 3 aromatic carbocycles. The minimum Gasteiger partial charge on any atom is -0.504 e. The van der Waals surface area contributed by atoms with Crippen LogP contribution in [0.15, 0.2) is 69.9 Å². The molecule has 8 nitrogen and oxygen atoms in total. The van der Waals surface area contributed by atoms with E-state index in [-0.39, 0.29) is 23.5 Å². The first-order valence-corrected chi connectivity index (χ1v) is 10.6. The minimum atomic E-state index is -0.736. The number of ether oxygens (including phenoxy) is 4. The number of hydrogen-bond donors (Lipinski definition) is 2. The molecule has 1 aliphatic rings. The highest BCUT2D eigenvalue weighted by atomic mass is 16.6. The highest BCUT2D eigenvalue weighted by molar-refractivity contribution is 5.79. The van der Waals surface area contributed by atoms with E-state index in [1.807, 2.05) is 0 Å². The zero-order valence-electron chi connectivity index (χ0n) is 18.5. The molecular weight excluding hydrogens is 440 g/mol. The summed E-state index contributed by atoms with van der Waals surface area (Å²) in [6, 6.07) is 16.6. The molecule has 0 fully saturated rings. The first-order valence-electron chi connectivity index (χ1n) is 10.6. The fourth-order valence-corrected chi connectivity index (χ4v) is 4.03. The molecule has 174 valence electrons. The smallest absolute Gasteiger partial charge is 0.204 e. The number of aliphatic hydroxyl groups excluding tert-OH is 1. The van der Waals surface area contributed by atoms with E-state index in [2.05, 4.69) is 0 Å². The normalized spacial score (nSPS) is 16.9. The number of phenols is 1. The number of rotatable bonds is 5. The van der Waals surface area contributed by atoms with Crippen molar-refractivity contribution in [2.45, 2.75) is 12.2 Å². The summed E-state index contributed by atoms with van der Waals surface area (Å²) in [6.07, 6.45) is -1.43. The third-order valence-corrected chi connectivity index (χ3v) is 5.73. The Morgan fingerprint density at radius 2 is 1.74 bits per heavy atom. The van der Waals surface area contributed by atoms with Gasteiger partial charge < -0.3 is 33.6 Å². The van der Waals surface area contributed by atoms with Gasteiger partial charge in [0.05, 0.1) is 26.2 Å². The molecular formula is C26H22O8. The SMILES string of the molecule is COc1cc(C2Oc3cc(-c4cc(=O)c5ccccc5o4)cc(OC)c3OC2CO)ccc1O. The summed E-state index contributed by atoms with van der Waals surface area (Å²) in [4.78, 5) is 12.6.